The van der Waals surface area contributed by atoms with Gasteiger partial charge in [-0.05, 0) is 55.7 Å². The molecule has 0 amide bonds. The van der Waals surface area contributed by atoms with Crippen molar-refractivity contribution < 1.29 is 0 Å². The zero-order valence-corrected chi connectivity index (χ0v) is 13.0. The summed E-state index contributed by atoms with van der Waals surface area (Å²) in [6, 6.07) is 5.83. The Bertz CT molecular complexity index is 763. The molecule has 21 heavy (non-hydrogen) atoms. The number of fused-ring (bicyclic) bond motifs is 5. The number of hydrogen-bond donors (Lipinski definition) is 1. The Morgan fingerprint density at radius 2 is 2.19 bits per heavy atom. The number of halogens is 1. The molecule has 2 N–H and O–H groups in total. The Morgan fingerprint density at radius 3 is 3.00 bits per heavy atom. The highest BCUT2D eigenvalue weighted by Crippen LogP contribution is 2.47. The predicted octanol–water partition coefficient (Wildman–Crippen LogP) is 4.86. The fraction of sp³-hybridized carbons (Fsp3) is 0.389. The third-order valence-electron chi connectivity index (χ3n) is 4.99. The summed E-state index contributed by atoms with van der Waals surface area (Å²) in [6.07, 6.45) is 7.01. The molecule has 108 valence electrons. The number of allylic oxidation sites excluding steroid dienone is 2. The molecule has 4 rings (SSSR count). The lowest BCUT2D eigenvalue weighted by Crippen LogP contribution is -2.24. The van der Waals surface area contributed by atoms with Crippen molar-refractivity contribution in [2.45, 2.75) is 38.5 Å². The number of rotatable bonds is 1. The van der Waals surface area contributed by atoms with Gasteiger partial charge in [-0.3, -0.25) is 4.98 Å². The molecule has 1 heterocycles. The predicted molar refractivity (Wildman–Crippen MR) is 88.7 cm³/mol. The minimum atomic E-state index is 0.547. The molecule has 0 fully saturated rings. The lowest BCUT2D eigenvalue weighted by molar-refractivity contribution is 0.429. The maximum atomic E-state index is 6.51. The van der Waals surface area contributed by atoms with E-state index in [1.807, 2.05) is 18.2 Å². The van der Waals surface area contributed by atoms with E-state index in [1.165, 1.54) is 17.7 Å². The summed E-state index contributed by atoms with van der Waals surface area (Å²) in [7, 11) is 0. The van der Waals surface area contributed by atoms with Gasteiger partial charge in [0.25, 0.3) is 0 Å². The van der Waals surface area contributed by atoms with Crippen LogP contribution in [0.5, 0.6) is 0 Å². The quantitative estimate of drug-likeness (QED) is 0.764. The Hall–Kier alpha value is -1.54. The van der Waals surface area contributed by atoms with Crippen LogP contribution in [0.4, 0.5) is 5.69 Å². The third-order valence-corrected chi connectivity index (χ3v) is 5.23. The number of nitrogen functional groups attached to an aromatic ring is 1. The summed E-state index contributed by atoms with van der Waals surface area (Å²) in [5.74, 6) is 1.18. The summed E-state index contributed by atoms with van der Waals surface area (Å²) in [5.41, 5.74) is 12.4. The average Bonchev–Trinajstić information content (AvgIpc) is 2.46. The molecular weight excluding hydrogens is 280 g/mol. The molecule has 1 aromatic carbocycles. The number of hydrogen-bond acceptors (Lipinski definition) is 2. The van der Waals surface area contributed by atoms with Crippen molar-refractivity contribution in [3.8, 4) is 0 Å². The van der Waals surface area contributed by atoms with E-state index in [0.29, 0.717) is 11.8 Å². The number of nitrogens with zero attached hydrogens (tertiary/aromatic N) is 1. The highest BCUT2D eigenvalue weighted by Gasteiger charge is 2.33. The normalized spacial score (nSPS) is 23.8. The van der Waals surface area contributed by atoms with Crippen LogP contribution in [0, 0.1) is 5.92 Å². The third kappa shape index (κ3) is 2.04. The van der Waals surface area contributed by atoms with Crippen LogP contribution < -0.4 is 5.73 Å². The van der Waals surface area contributed by atoms with Crippen LogP contribution >= 0.6 is 11.6 Å². The molecule has 1 unspecified atom stereocenters. The Kier molecular flexibility index (Phi) is 2.97. The highest BCUT2D eigenvalue weighted by atomic mass is 35.5. The second kappa shape index (κ2) is 4.74. The van der Waals surface area contributed by atoms with Crippen molar-refractivity contribution in [1.29, 1.82) is 0 Å². The molecule has 2 aromatic rings. The van der Waals surface area contributed by atoms with Gasteiger partial charge in [-0.1, -0.05) is 30.2 Å². The molecule has 0 saturated carbocycles. The standard InChI is InChI=1S/C18H19ClN2/c1-2-10-5-11-7-12(6-10)17-16(8-11)21-15-9-13(19)3-4-14(15)18(17)20/h3-5,9,11-12H,2,6-8H2,1H3,(H2,20,21)/t11?,12-/m1/s1. The molecule has 0 radical (unpaired) electrons. The number of anilines is 1. The molecule has 2 aliphatic carbocycles. The Labute approximate surface area is 130 Å². The van der Waals surface area contributed by atoms with Gasteiger partial charge in [0.05, 0.1) is 5.52 Å². The van der Waals surface area contributed by atoms with Crippen LogP contribution in [-0.2, 0) is 6.42 Å². The van der Waals surface area contributed by atoms with Gasteiger partial charge in [-0.2, -0.15) is 0 Å². The van der Waals surface area contributed by atoms with Gasteiger partial charge in [-0.15, -0.1) is 0 Å². The maximum absolute atomic E-state index is 6.51. The van der Waals surface area contributed by atoms with E-state index in [4.69, 9.17) is 22.3 Å². The first-order valence-corrected chi connectivity index (χ1v) is 8.10. The van der Waals surface area contributed by atoms with Gasteiger partial charge in [0.2, 0.25) is 0 Å². The summed E-state index contributed by atoms with van der Waals surface area (Å²) in [5, 5.41) is 1.77. The molecule has 0 saturated heterocycles. The molecule has 2 atom stereocenters. The van der Waals surface area contributed by atoms with Crippen LogP contribution in [0.25, 0.3) is 10.9 Å². The second-order valence-corrected chi connectivity index (χ2v) is 6.76. The SMILES string of the molecule is CCC1=CC2Cc3nc4cc(Cl)ccc4c(N)c3[C@H](C1)C2. The van der Waals surface area contributed by atoms with Crippen molar-refractivity contribution in [2.75, 3.05) is 5.73 Å². The summed E-state index contributed by atoms with van der Waals surface area (Å²) in [4.78, 5) is 4.88. The highest BCUT2D eigenvalue weighted by molar-refractivity contribution is 6.31. The second-order valence-electron chi connectivity index (χ2n) is 6.33. The van der Waals surface area contributed by atoms with Gasteiger partial charge in [0.1, 0.15) is 0 Å². The average molecular weight is 299 g/mol. The van der Waals surface area contributed by atoms with Crippen LogP contribution in [0.2, 0.25) is 5.02 Å². The van der Waals surface area contributed by atoms with E-state index < -0.39 is 0 Å². The van der Waals surface area contributed by atoms with Crippen molar-refractivity contribution in [2.24, 2.45) is 5.92 Å². The minimum absolute atomic E-state index is 0.547. The van der Waals surface area contributed by atoms with Crippen LogP contribution in [0.3, 0.4) is 0 Å². The van der Waals surface area contributed by atoms with Gasteiger partial charge in [-0.25, -0.2) is 0 Å². The lowest BCUT2D eigenvalue weighted by Gasteiger charge is -2.35. The van der Waals surface area contributed by atoms with E-state index >= 15 is 0 Å². The summed E-state index contributed by atoms with van der Waals surface area (Å²) in [6.45, 7) is 2.25. The largest absolute Gasteiger partial charge is 0.398 e. The molecule has 2 aliphatic rings. The first kappa shape index (κ1) is 13.1. The lowest BCUT2D eigenvalue weighted by atomic mass is 9.70. The fourth-order valence-corrected chi connectivity index (χ4v) is 4.22. The Balaban J connectivity index is 1.92. The van der Waals surface area contributed by atoms with E-state index in [9.17, 15) is 0 Å². The van der Waals surface area contributed by atoms with Crippen LogP contribution in [0.15, 0.2) is 29.8 Å². The van der Waals surface area contributed by atoms with Crippen LogP contribution in [0.1, 0.15) is 43.4 Å². The summed E-state index contributed by atoms with van der Waals surface area (Å²) >= 11 is 6.10. The van der Waals surface area contributed by atoms with E-state index in [1.54, 1.807) is 5.57 Å². The van der Waals surface area contributed by atoms with Crippen molar-refractivity contribution in [3.05, 3.63) is 46.1 Å². The molecule has 3 heteroatoms. The first-order chi connectivity index (χ1) is 10.2. The molecule has 0 aliphatic heterocycles. The van der Waals surface area contributed by atoms with E-state index in [0.717, 1.165) is 40.9 Å². The molecule has 0 spiro atoms. The van der Waals surface area contributed by atoms with Crippen molar-refractivity contribution in [1.82, 2.24) is 4.98 Å². The number of pyridine rings is 1. The zero-order valence-electron chi connectivity index (χ0n) is 12.2. The molecule has 1 aromatic heterocycles. The number of aromatic nitrogens is 1. The first-order valence-electron chi connectivity index (χ1n) is 7.72. The van der Waals surface area contributed by atoms with E-state index in [2.05, 4.69) is 13.0 Å². The zero-order chi connectivity index (χ0) is 14.6. The smallest absolute Gasteiger partial charge is 0.0741 e. The maximum Gasteiger partial charge on any atom is 0.0741 e. The van der Waals surface area contributed by atoms with Crippen LogP contribution in [-0.4, -0.2) is 4.98 Å². The summed E-state index contributed by atoms with van der Waals surface area (Å²) < 4.78 is 0. The number of benzene rings is 1. The van der Waals surface area contributed by atoms with Gasteiger partial charge in [0.15, 0.2) is 0 Å². The minimum Gasteiger partial charge on any atom is -0.398 e. The van der Waals surface area contributed by atoms with Gasteiger partial charge >= 0.3 is 0 Å². The number of nitrogens with two attached hydrogens (primary N) is 1. The topological polar surface area (TPSA) is 38.9 Å². The van der Waals surface area contributed by atoms with Crippen molar-refractivity contribution in [3.63, 3.8) is 0 Å². The molecule has 2 nitrogen and oxygen atoms in total. The van der Waals surface area contributed by atoms with Crippen molar-refractivity contribution >= 4 is 28.2 Å². The molecule has 2 bridgehead atoms. The van der Waals surface area contributed by atoms with Gasteiger partial charge in [0, 0.05) is 27.4 Å². The van der Waals surface area contributed by atoms with E-state index in [-0.39, 0.29) is 0 Å². The Morgan fingerprint density at radius 1 is 1.33 bits per heavy atom. The van der Waals surface area contributed by atoms with Gasteiger partial charge < -0.3 is 5.73 Å². The fourth-order valence-electron chi connectivity index (χ4n) is 4.05. The monoisotopic (exact) mass is 298 g/mol. The molecular formula is C18H19ClN2.